The van der Waals surface area contributed by atoms with Gasteiger partial charge in [-0.25, -0.2) is 4.39 Å². The number of rotatable bonds is 4. The Morgan fingerprint density at radius 1 is 1.06 bits per heavy atom. The lowest BCUT2D eigenvalue weighted by atomic mass is 9.69. The number of carbonyl (C=O) groups is 2. The van der Waals surface area contributed by atoms with Crippen molar-refractivity contribution in [3.05, 3.63) is 64.1 Å². The first kappa shape index (κ1) is 22.3. The van der Waals surface area contributed by atoms with Gasteiger partial charge in [0, 0.05) is 58.8 Å². The maximum Gasteiger partial charge on any atom is 0.232 e. The van der Waals surface area contributed by atoms with E-state index in [1.807, 2.05) is 13.8 Å². The second kappa shape index (κ2) is 8.24. The summed E-state index contributed by atoms with van der Waals surface area (Å²) in [4.78, 5) is 28.4. The van der Waals surface area contributed by atoms with Crippen molar-refractivity contribution in [2.45, 2.75) is 39.0 Å². The van der Waals surface area contributed by atoms with E-state index in [9.17, 15) is 14.0 Å². The lowest BCUT2D eigenvalue weighted by molar-refractivity contribution is -0.121. The molecule has 0 N–H and O–H groups in total. The fraction of sp³-hybridized carbons (Fsp3) is 0.360. The molecule has 0 spiro atoms. The number of carbonyl (C=O) groups excluding carboxylic acids is 2. The zero-order chi connectivity index (χ0) is 23.2. The van der Waals surface area contributed by atoms with Crippen LogP contribution in [0, 0.1) is 11.2 Å². The number of ketones is 1. The Labute approximate surface area is 191 Å². The van der Waals surface area contributed by atoms with E-state index in [0.29, 0.717) is 41.3 Å². The minimum Gasteiger partial charge on any atom is -0.497 e. The monoisotopic (exact) mass is 457 g/mol. The van der Waals surface area contributed by atoms with E-state index in [-0.39, 0.29) is 34.1 Å². The Kier molecular flexibility index (Phi) is 5.76. The van der Waals surface area contributed by atoms with E-state index in [4.69, 9.17) is 21.1 Å². The van der Waals surface area contributed by atoms with Crippen LogP contribution < -0.4 is 14.4 Å². The maximum absolute atomic E-state index is 14.8. The summed E-state index contributed by atoms with van der Waals surface area (Å²) >= 11 is 6.35. The van der Waals surface area contributed by atoms with Crippen LogP contribution >= 0.6 is 11.6 Å². The highest BCUT2D eigenvalue weighted by atomic mass is 35.5. The Bertz CT molecular complexity index is 1100. The van der Waals surface area contributed by atoms with Crippen molar-refractivity contribution in [1.29, 1.82) is 0 Å². The molecule has 4 rings (SSSR count). The van der Waals surface area contributed by atoms with Crippen LogP contribution in [0.2, 0.25) is 5.02 Å². The van der Waals surface area contributed by atoms with Gasteiger partial charge in [0.25, 0.3) is 0 Å². The van der Waals surface area contributed by atoms with Crippen LogP contribution in [0.3, 0.4) is 0 Å². The minimum absolute atomic E-state index is 0.0643. The van der Waals surface area contributed by atoms with Crippen LogP contribution in [0.5, 0.6) is 11.5 Å². The molecule has 1 atom stereocenters. The van der Waals surface area contributed by atoms with Gasteiger partial charge in [0.2, 0.25) is 5.91 Å². The van der Waals surface area contributed by atoms with Crippen molar-refractivity contribution in [3.8, 4) is 11.5 Å². The van der Waals surface area contributed by atoms with Crippen LogP contribution in [-0.4, -0.2) is 25.9 Å². The first-order chi connectivity index (χ1) is 15.1. The second-order valence-electron chi connectivity index (χ2n) is 8.99. The van der Waals surface area contributed by atoms with Gasteiger partial charge in [0.05, 0.1) is 19.9 Å². The number of methoxy groups -OCH3 is 2. The van der Waals surface area contributed by atoms with Crippen molar-refractivity contribution in [1.82, 2.24) is 0 Å². The molecule has 1 amide bonds. The summed E-state index contributed by atoms with van der Waals surface area (Å²) in [6.45, 7) is 3.98. The lowest BCUT2D eigenvalue weighted by Gasteiger charge is -2.43. The van der Waals surface area contributed by atoms with Crippen molar-refractivity contribution in [2.24, 2.45) is 5.41 Å². The smallest absolute Gasteiger partial charge is 0.232 e. The zero-order valence-electron chi connectivity index (χ0n) is 18.5. The molecule has 32 heavy (non-hydrogen) atoms. The SMILES string of the molecule is COc1cc(OC)cc(N2C(=O)CC(c3c(F)cccc3Cl)C3=C2CC(C)(C)CC3=O)c1. The van der Waals surface area contributed by atoms with Crippen LogP contribution in [0.1, 0.15) is 44.6 Å². The number of benzene rings is 2. The standard InChI is InChI=1S/C25H25ClFNO4/c1-25(2)12-20-24(21(29)13-25)17(23-18(26)6-5-7-19(23)27)11-22(30)28(20)14-8-15(31-3)10-16(9-14)32-4/h5-10,17H,11-13H2,1-4H3. The third kappa shape index (κ3) is 3.88. The van der Waals surface area contributed by atoms with E-state index in [1.54, 1.807) is 29.2 Å². The second-order valence-corrected chi connectivity index (χ2v) is 9.40. The highest BCUT2D eigenvalue weighted by Crippen LogP contribution is 2.50. The van der Waals surface area contributed by atoms with Gasteiger partial charge in [0.1, 0.15) is 17.3 Å². The number of nitrogens with zero attached hydrogens (tertiary/aromatic N) is 1. The van der Waals surface area contributed by atoms with Crippen LogP contribution in [0.4, 0.5) is 10.1 Å². The third-order valence-electron chi connectivity index (χ3n) is 6.09. The number of hydrogen-bond acceptors (Lipinski definition) is 4. The van der Waals surface area contributed by atoms with Crippen molar-refractivity contribution < 1.29 is 23.5 Å². The number of ether oxygens (including phenoxy) is 2. The lowest BCUT2D eigenvalue weighted by Crippen LogP contribution is -2.44. The first-order valence-corrected chi connectivity index (χ1v) is 10.8. The summed E-state index contributed by atoms with van der Waals surface area (Å²) < 4.78 is 25.6. The summed E-state index contributed by atoms with van der Waals surface area (Å²) in [7, 11) is 3.06. The average Bonchev–Trinajstić information content (AvgIpc) is 2.71. The van der Waals surface area contributed by atoms with Gasteiger partial charge >= 0.3 is 0 Å². The van der Waals surface area contributed by atoms with E-state index >= 15 is 0 Å². The topological polar surface area (TPSA) is 55.8 Å². The summed E-state index contributed by atoms with van der Waals surface area (Å²) in [5.74, 6) is -0.526. The van der Waals surface area contributed by atoms with Gasteiger partial charge in [0.15, 0.2) is 5.78 Å². The minimum atomic E-state index is -0.724. The summed E-state index contributed by atoms with van der Waals surface area (Å²) in [6.07, 6.45) is 0.741. The Hall–Kier alpha value is -2.86. The zero-order valence-corrected chi connectivity index (χ0v) is 19.3. The molecule has 2 aromatic carbocycles. The summed E-state index contributed by atoms with van der Waals surface area (Å²) in [5, 5.41) is 0.212. The molecule has 7 heteroatoms. The van der Waals surface area contributed by atoms with Crippen LogP contribution in [-0.2, 0) is 9.59 Å². The molecule has 0 bridgehead atoms. The molecule has 0 fully saturated rings. The quantitative estimate of drug-likeness (QED) is 0.594. The van der Waals surface area contributed by atoms with Gasteiger partial charge < -0.3 is 9.47 Å². The molecule has 2 aliphatic rings. The van der Waals surface area contributed by atoms with E-state index < -0.39 is 11.7 Å². The Morgan fingerprint density at radius 3 is 2.31 bits per heavy atom. The van der Waals surface area contributed by atoms with Crippen molar-refractivity contribution >= 4 is 29.0 Å². The molecule has 1 aliphatic carbocycles. The van der Waals surface area contributed by atoms with E-state index in [2.05, 4.69) is 0 Å². The summed E-state index contributed by atoms with van der Waals surface area (Å²) in [6, 6.07) is 9.58. The molecule has 0 aromatic heterocycles. The molecule has 1 heterocycles. The highest BCUT2D eigenvalue weighted by molar-refractivity contribution is 6.31. The molecular formula is C25H25ClFNO4. The van der Waals surface area contributed by atoms with E-state index in [0.717, 1.165) is 0 Å². The molecule has 1 aliphatic heterocycles. The summed E-state index contributed by atoms with van der Waals surface area (Å²) in [5.41, 5.74) is 1.44. The van der Waals surface area contributed by atoms with Gasteiger partial charge in [-0.1, -0.05) is 31.5 Å². The van der Waals surface area contributed by atoms with Gasteiger partial charge in [-0.05, 0) is 24.0 Å². The molecule has 0 saturated heterocycles. The van der Waals surface area contributed by atoms with Crippen LogP contribution in [0.25, 0.3) is 0 Å². The molecular weight excluding hydrogens is 433 g/mol. The molecule has 0 saturated carbocycles. The molecule has 0 radical (unpaired) electrons. The number of allylic oxidation sites excluding steroid dienone is 2. The fourth-order valence-electron chi connectivity index (χ4n) is 4.73. The number of halogens is 2. The van der Waals surface area contributed by atoms with Gasteiger partial charge in [-0.2, -0.15) is 0 Å². The first-order valence-electron chi connectivity index (χ1n) is 10.4. The van der Waals surface area contributed by atoms with Crippen molar-refractivity contribution in [2.75, 3.05) is 19.1 Å². The maximum atomic E-state index is 14.8. The molecule has 168 valence electrons. The largest absolute Gasteiger partial charge is 0.497 e. The number of Topliss-reactive ketones (excluding diaryl/α,β-unsaturated/α-hetero) is 1. The molecule has 5 nitrogen and oxygen atoms in total. The number of hydrogen-bond donors (Lipinski definition) is 0. The average molecular weight is 458 g/mol. The molecule has 1 unspecified atom stereocenters. The number of anilines is 1. The predicted molar refractivity (Wildman–Crippen MR) is 121 cm³/mol. The fourth-order valence-corrected chi connectivity index (χ4v) is 5.02. The third-order valence-corrected chi connectivity index (χ3v) is 6.42. The van der Waals surface area contributed by atoms with Gasteiger partial charge in [-0.3, -0.25) is 14.5 Å². The van der Waals surface area contributed by atoms with Crippen LogP contribution in [0.15, 0.2) is 47.7 Å². The van der Waals surface area contributed by atoms with E-state index in [1.165, 1.54) is 26.4 Å². The highest BCUT2D eigenvalue weighted by Gasteiger charge is 2.45. The molecule has 2 aromatic rings. The van der Waals surface area contributed by atoms with Crippen molar-refractivity contribution in [3.63, 3.8) is 0 Å². The van der Waals surface area contributed by atoms with Gasteiger partial charge in [-0.15, -0.1) is 0 Å². The normalized spacial score (nSPS) is 20.3. The Balaban J connectivity index is 1.95. The predicted octanol–water partition coefficient (Wildman–Crippen LogP) is 5.66. The Morgan fingerprint density at radius 2 is 1.72 bits per heavy atom. The number of amides is 1.